The minimum atomic E-state index is -2.90. The van der Waals surface area contributed by atoms with E-state index in [1.807, 2.05) is 24.3 Å². The molecule has 2 fully saturated rings. The maximum atomic E-state index is 13.0. The Balaban J connectivity index is 1.54. The van der Waals surface area contributed by atoms with E-state index in [0.29, 0.717) is 18.5 Å². The number of hydrogen-bond donors (Lipinski definition) is 2. The summed E-state index contributed by atoms with van der Waals surface area (Å²) in [5.41, 5.74) is 1.08. The zero-order chi connectivity index (χ0) is 24.3. The summed E-state index contributed by atoms with van der Waals surface area (Å²) in [7, 11) is 1.61. The Morgan fingerprint density at radius 2 is 1.85 bits per heavy atom. The number of halogens is 2. The Hall–Kier alpha value is -3.20. The summed E-state index contributed by atoms with van der Waals surface area (Å²) in [6.07, 6.45) is 2.72. The van der Waals surface area contributed by atoms with Gasteiger partial charge in [0.15, 0.2) is 0 Å². The average Bonchev–Trinajstić information content (AvgIpc) is 2.96. The Bertz CT molecular complexity index is 1020. The van der Waals surface area contributed by atoms with Crippen LogP contribution < -0.4 is 20.1 Å². The molecule has 182 valence electrons. The molecule has 2 saturated heterocycles. The maximum absolute atomic E-state index is 13.0. The van der Waals surface area contributed by atoms with Crippen LogP contribution in [0.4, 0.5) is 14.5 Å². The average molecular weight is 474 g/mol. The first-order valence-electron chi connectivity index (χ1n) is 11.3. The maximum Gasteiger partial charge on any atom is 0.387 e. The molecule has 0 aliphatic carbocycles. The molecule has 2 amide bonds. The molecular formula is C25H29F2N3O4. The Morgan fingerprint density at radius 1 is 1.18 bits per heavy atom. The molecule has 3 atom stereocenters. The molecule has 0 saturated carbocycles. The second-order valence-corrected chi connectivity index (χ2v) is 8.99. The number of anilines is 1. The third kappa shape index (κ3) is 5.30. The molecule has 4 rings (SSSR count). The van der Waals surface area contributed by atoms with Gasteiger partial charge < -0.3 is 20.1 Å². The molecule has 2 aromatic rings. The smallest absolute Gasteiger partial charge is 0.387 e. The summed E-state index contributed by atoms with van der Waals surface area (Å²) >= 11 is 0. The molecule has 0 aromatic heterocycles. The number of alkyl halides is 2. The van der Waals surface area contributed by atoms with E-state index in [1.54, 1.807) is 7.11 Å². The van der Waals surface area contributed by atoms with Gasteiger partial charge in [0.05, 0.1) is 19.2 Å². The lowest BCUT2D eigenvalue weighted by atomic mass is 9.88. The molecule has 0 bridgehead atoms. The van der Waals surface area contributed by atoms with Crippen molar-refractivity contribution in [1.82, 2.24) is 10.2 Å². The van der Waals surface area contributed by atoms with Crippen molar-refractivity contribution in [3.63, 3.8) is 0 Å². The first-order chi connectivity index (χ1) is 16.3. The van der Waals surface area contributed by atoms with Crippen LogP contribution in [-0.4, -0.2) is 48.6 Å². The number of likely N-dealkylation sites (tertiary alicyclic amines) is 1. The van der Waals surface area contributed by atoms with Crippen molar-refractivity contribution in [2.24, 2.45) is 0 Å². The van der Waals surface area contributed by atoms with E-state index >= 15 is 0 Å². The topological polar surface area (TPSA) is 79.9 Å². The number of carbonyl (C=O) groups is 2. The summed E-state index contributed by atoms with van der Waals surface area (Å²) in [5.74, 6) is 0.591. The zero-order valence-corrected chi connectivity index (χ0v) is 19.2. The van der Waals surface area contributed by atoms with Crippen LogP contribution in [0.15, 0.2) is 48.5 Å². The van der Waals surface area contributed by atoms with Crippen molar-refractivity contribution in [3.8, 4) is 11.5 Å². The number of rotatable bonds is 7. The summed E-state index contributed by atoms with van der Waals surface area (Å²) < 4.78 is 34.4. The van der Waals surface area contributed by atoms with Gasteiger partial charge in [0, 0.05) is 24.2 Å². The second kappa shape index (κ2) is 9.97. The van der Waals surface area contributed by atoms with E-state index in [2.05, 4.69) is 27.2 Å². The van der Waals surface area contributed by atoms with E-state index < -0.39 is 12.2 Å². The van der Waals surface area contributed by atoms with Gasteiger partial charge in [-0.3, -0.25) is 14.5 Å². The van der Waals surface area contributed by atoms with Crippen molar-refractivity contribution in [1.29, 1.82) is 0 Å². The summed E-state index contributed by atoms with van der Waals surface area (Å²) in [4.78, 5) is 27.5. The molecule has 2 aliphatic rings. The van der Waals surface area contributed by atoms with E-state index in [4.69, 9.17) is 4.74 Å². The lowest BCUT2D eigenvalue weighted by molar-refractivity contribution is -0.122. The largest absolute Gasteiger partial charge is 0.497 e. The minimum Gasteiger partial charge on any atom is -0.497 e. The van der Waals surface area contributed by atoms with Gasteiger partial charge in [0.1, 0.15) is 11.5 Å². The number of hydrogen-bond acceptors (Lipinski definition) is 5. The molecule has 0 unspecified atom stereocenters. The van der Waals surface area contributed by atoms with Gasteiger partial charge in [-0.15, -0.1) is 0 Å². The zero-order valence-electron chi connectivity index (χ0n) is 19.2. The van der Waals surface area contributed by atoms with E-state index in [-0.39, 0.29) is 36.2 Å². The summed E-state index contributed by atoms with van der Waals surface area (Å²) in [6.45, 7) is -0.723. The first-order valence-corrected chi connectivity index (χ1v) is 11.3. The van der Waals surface area contributed by atoms with Crippen LogP contribution in [0.5, 0.6) is 11.5 Å². The number of nitrogens with one attached hydrogen (secondary N) is 2. The number of carbonyl (C=O) groups excluding carboxylic acids is 2. The van der Waals surface area contributed by atoms with E-state index in [9.17, 15) is 18.4 Å². The molecular weight excluding hydrogens is 444 g/mol. The number of benzene rings is 2. The molecule has 0 spiro atoms. The van der Waals surface area contributed by atoms with Crippen molar-refractivity contribution in [3.05, 3.63) is 54.1 Å². The number of nitrogens with zero attached hydrogens (tertiary/aromatic N) is 1. The Labute approximate surface area is 197 Å². The lowest BCUT2D eigenvalue weighted by Gasteiger charge is -2.34. The van der Waals surface area contributed by atoms with Crippen LogP contribution in [-0.2, 0) is 9.59 Å². The van der Waals surface area contributed by atoms with Gasteiger partial charge in [-0.2, -0.15) is 8.78 Å². The van der Waals surface area contributed by atoms with Crippen LogP contribution in [0.1, 0.15) is 44.2 Å². The molecule has 34 heavy (non-hydrogen) atoms. The van der Waals surface area contributed by atoms with Crippen molar-refractivity contribution in [2.75, 3.05) is 19.0 Å². The number of methoxy groups -OCH3 is 1. The minimum absolute atomic E-state index is 0.00128. The van der Waals surface area contributed by atoms with E-state index in [1.165, 1.54) is 24.3 Å². The van der Waals surface area contributed by atoms with Crippen LogP contribution in [0.2, 0.25) is 0 Å². The van der Waals surface area contributed by atoms with Gasteiger partial charge >= 0.3 is 6.61 Å². The van der Waals surface area contributed by atoms with Crippen LogP contribution in [0.3, 0.4) is 0 Å². The first kappa shape index (κ1) is 23.9. The molecule has 9 heteroatoms. The van der Waals surface area contributed by atoms with Gasteiger partial charge in [0.2, 0.25) is 11.8 Å². The van der Waals surface area contributed by atoms with Gasteiger partial charge in [-0.25, -0.2) is 0 Å². The van der Waals surface area contributed by atoms with Gasteiger partial charge in [-0.05, 0) is 68.1 Å². The Morgan fingerprint density at radius 3 is 2.50 bits per heavy atom. The fourth-order valence-corrected chi connectivity index (χ4v) is 5.14. The SMILES string of the molecule is COc1ccc([C@@H]2C[C@]3(C)NC(=O)CCC[C@@H]3N2CC(=O)Nc2ccc(OC(F)F)cc2)cc1. The van der Waals surface area contributed by atoms with Crippen molar-refractivity contribution in [2.45, 2.75) is 56.8 Å². The van der Waals surface area contributed by atoms with Crippen molar-refractivity contribution < 1.29 is 27.8 Å². The predicted octanol–water partition coefficient (Wildman–Crippen LogP) is 4.11. The third-order valence-corrected chi connectivity index (χ3v) is 6.65. The molecule has 2 aromatic carbocycles. The van der Waals surface area contributed by atoms with Gasteiger partial charge in [-0.1, -0.05) is 12.1 Å². The third-order valence-electron chi connectivity index (χ3n) is 6.65. The Kier molecular flexibility index (Phi) is 7.02. The molecule has 2 heterocycles. The van der Waals surface area contributed by atoms with Crippen LogP contribution in [0, 0.1) is 0 Å². The van der Waals surface area contributed by atoms with Crippen LogP contribution >= 0.6 is 0 Å². The normalized spacial score (nSPS) is 24.8. The highest BCUT2D eigenvalue weighted by molar-refractivity contribution is 5.92. The highest BCUT2D eigenvalue weighted by Gasteiger charge is 2.51. The molecule has 2 aliphatic heterocycles. The number of fused-ring (bicyclic) bond motifs is 1. The fraction of sp³-hybridized carbons (Fsp3) is 0.440. The highest BCUT2D eigenvalue weighted by Crippen LogP contribution is 2.45. The molecule has 0 radical (unpaired) electrons. The van der Waals surface area contributed by atoms with Crippen molar-refractivity contribution >= 4 is 17.5 Å². The number of ether oxygens (including phenoxy) is 2. The quantitative estimate of drug-likeness (QED) is 0.633. The predicted molar refractivity (Wildman–Crippen MR) is 123 cm³/mol. The standard InChI is InChI=1S/C25H29F2N3O4/c1-25-14-20(16-6-10-18(33-2)11-7-16)30(21(25)4-3-5-22(31)29-25)15-23(32)28-17-8-12-19(13-9-17)34-24(26)27/h6-13,20-21,24H,3-5,14-15H2,1-2H3,(H,28,32)(H,29,31)/t20-,21-,25-/m0/s1. The van der Waals surface area contributed by atoms with Gasteiger partial charge in [0.25, 0.3) is 0 Å². The fourth-order valence-electron chi connectivity index (χ4n) is 5.14. The number of amides is 2. The highest BCUT2D eigenvalue weighted by atomic mass is 19.3. The lowest BCUT2D eigenvalue weighted by Crippen LogP contribution is -2.53. The summed E-state index contributed by atoms with van der Waals surface area (Å²) in [5, 5.41) is 6.04. The van der Waals surface area contributed by atoms with Crippen LogP contribution in [0.25, 0.3) is 0 Å². The monoisotopic (exact) mass is 473 g/mol. The van der Waals surface area contributed by atoms with E-state index in [0.717, 1.165) is 24.2 Å². The molecule has 7 nitrogen and oxygen atoms in total. The molecule has 2 N–H and O–H groups in total. The summed E-state index contributed by atoms with van der Waals surface area (Å²) in [6, 6.07) is 13.5. The second-order valence-electron chi connectivity index (χ2n) is 8.99.